The van der Waals surface area contributed by atoms with Crippen LogP contribution in [-0.4, -0.2) is 29.0 Å². The van der Waals surface area contributed by atoms with Crippen LogP contribution in [0.25, 0.3) is 11.0 Å². The second-order valence-corrected chi connectivity index (χ2v) is 7.55. The Hall–Kier alpha value is -1.88. The lowest BCUT2D eigenvalue weighted by Gasteiger charge is -2.31. The molecule has 5 nitrogen and oxygen atoms in total. The van der Waals surface area contributed by atoms with Crippen molar-refractivity contribution < 1.29 is 4.79 Å². The number of carbonyl (C=O) groups excluding carboxylic acids is 1. The zero-order chi connectivity index (χ0) is 17.1. The second-order valence-electron chi connectivity index (χ2n) is 7.55. The van der Waals surface area contributed by atoms with E-state index in [1.807, 2.05) is 18.2 Å². The van der Waals surface area contributed by atoms with Crippen LogP contribution in [0.4, 0.5) is 0 Å². The van der Waals surface area contributed by atoms with Gasteiger partial charge in [0.25, 0.3) is 0 Å². The number of rotatable bonds is 4. The lowest BCUT2D eigenvalue weighted by atomic mass is 9.83. The summed E-state index contributed by atoms with van der Waals surface area (Å²) in [5.74, 6) is 1.75. The van der Waals surface area contributed by atoms with E-state index in [0.29, 0.717) is 5.92 Å². The van der Waals surface area contributed by atoms with Gasteiger partial charge in [-0.3, -0.25) is 4.79 Å². The number of aromatic amines is 1. The fourth-order valence-corrected chi connectivity index (χ4v) is 4.35. The number of piperidine rings is 1. The Balaban J connectivity index is 1.57. The molecule has 1 unspecified atom stereocenters. The van der Waals surface area contributed by atoms with Gasteiger partial charge >= 0.3 is 0 Å². The maximum Gasteiger partial charge on any atom is 0.223 e. The number of imidazole rings is 1. The zero-order valence-electron chi connectivity index (χ0n) is 14.8. The van der Waals surface area contributed by atoms with E-state index in [-0.39, 0.29) is 17.9 Å². The first-order chi connectivity index (χ1) is 12.3. The fourth-order valence-electron chi connectivity index (χ4n) is 4.35. The summed E-state index contributed by atoms with van der Waals surface area (Å²) in [4.78, 5) is 21.1. The number of hydrogen-bond acceptors (Lipinski definition) is 3. The van der Waals surface area contributed by atoms with Crippen molar-refractivity contribution in [3.8, 4) is 0 Å². The van der Waals surface area contributed by atoms with Crippen LogP contribution in [0.2, 0.25) is 0 Å². The minimum atomic E-state index is 0.00934. The van der Waals surface area contributed by atoms with Crippen LogP contribution in [0.5, 0.6) is 0 Å². The molecule has 2 aromatic rings. The van der Waals surface area contributed by atoms with Crippen molar-refractivity contribution in [1.29, 1.82) is 0 Å². The van der Waals surface area contributed by atoms with E-state index < -0.39 is 0 Å². The molecular formula is C20H28N4O. The molecule has 1 amide bonds. The molecule has 25 heavy (non-hydrogen) atoms. The molecular weight excluding hydrogens is 312 g/mol. The highest BCUT2D eigenvalue weighted by atomic mass is 16.2. The molecule has 1 saturated carbocycles. The first-order valence-electron chi connectivity index (χ1n) is 9.77. The molecule has 0 radical (unpaired) electrons. The van der Waals surface area contributed by atoms with E-state index in [1.165, 1.54) is 32.1 Å². The first kappa shape index (κ1) is 16.6. The lowest BCUT2D eigenvalue weighted by molar-refractivity contribution is -0.127. The highest BCUT2D eigenvalue weighted by molar-refractivity contribution is 5.79. The SMILES string of the molecule is O=C(NC(c1nc2ccccc2[nH]1)C1CCCCC1)C1CCNCC1. The Bertz CT molecular complexity index is 680. The predicted molar refractivity (Wildman–Crippen MR) is 99.1 cm³/mol. The number of para-hydroxylation sites is 2. The van der Waals surface area contributed by atoms with E-state index in [1.54, 1.807) is 0 Å². The summed E-state index contributed by atoms with van der Waals surface area (Å²) in [7, 11) is 0. The average Bonchev–Trinajstić information content (AvgIpc) is 3.11. The van der Waals surface area contributed by atoms with Gasteiger partial charge in [0.1, 0.15) is 5.82 Å². The van der Waals surface area contributed by atoms with Gasteiger partial charge in [0.15, 0.2) is 0 Å². The summed E-state index contributed by atoms with van der Waals surface area (Å²) in [5, 5.41) is 6.71. The minimum Gasteiger partial charge on any atom is -0.346 e. The number of benzene rings is 1. The number of nitrogens with zero attached hydrogens (tertiary/aromatic N) is 1. The van der Waals surface area contributed by atoms with Crippen molar-refractivity contribution in [2.75, 3.05) is 13.1 Å². The third-order valence-corrected chi connectivity index (χ3v) is 5.83. The molecule has 0 bridgehead atoms. The molecule has 2 heterocycles. The molecule has 5 heteroatoms. The van der Waals surface area contributed by atoms with Crippen molar-refractivity contribution in [2.24, 2.45) is 11.8 Å². The van der Waals surface area contributed by atoms with Crippen LogP contribution in [0.3, 0.4) is 0 Å². The zero-order valence-corrected chi connectivity index (χ0v) is 14.8. The third-order valence-electron chi connectivity index (χ3n) is 5.83. The molecule has 1 saturated heterocycles. The monoisotopic (exact) mass is 340 g/mol. The van der Waals surface area contributed by atoms with E-state index in [0.717, 1.165) is 42.8 Å². The molecule has 1 aliphatic heterocycles. The van der Waals surface area contributed by atoms with E-state index >= 15 is 0 Å². The molecule has 4 rings (SSSR count). The molecule has 0 spiro atoms. The van der Waals surface area contributed by atoms with E-state index in [9.17, 15) is 4.79 Å². The Labute approximate surface area is 149 Å². The van der Waals surface area contributed by atoms with Crippen LogP contribution in [0.15, 0.2) is 24.3 Å². The number of nitrogens with one attached hydrogen (secondary N) is 3. The summed E-state index contributed by atoms with van der Waals surface area (Å²) in [6.07, 6.45) is 8.04. The Morgan fingerprint density at radius 2 is 1.84 bits per heavy atom. The molecule has 1 aromatic carbocycles. The van der Waals surface area contributed by atoms with Gasteiger partial charge in [0.2, 0.25) is 5.91 Å². The summed E-state index contributed by atoms with van der Waals surface area (Å²) < 4.78 is 0. The van der Waals surface area contributed by atoms with Crippen LogP contribution < -0.4 is 10.6 Å². The highest BCUT2D eigenvalue weighted by Gasteiger charge is 2.31. The van der Waals surface area contributed by atoms with Crippen molar-refractivity contribution >= 4 is 16.9 Å². The van der Waals surface area contributed by atoms with Gasteiger partial charge in [0, 0.05) is 5.92 Å². The molecule has 1 aromatic heterocycles. The van der Waals surface area contributed by atoms with Crippen LogP contribution in [0.1, 0.15) is 56.8 Å². The third kappa shape index (κ3) is 3.71. The van der Waals surface area contributed by atoms with Gasteiger partial charge in [-0.15, -0.1) is 0 Å². The Morgan fingerprint density at radius 3 is 2.60 bits per heavy atom. The number of carbonyl (C=O) groups is 1. The normalized spacial score (nSPS) is 21.3. The fraction of sp³-hybridized carbons (Fsp3) is 0.600. The lowest BCUT2D eigenvalue weighted by Crippen LogP contribution is -2.42. The summed E-state index contributed by atoms with van der Waals surface area (Å²) in [6.45, 7) is 1.88. The number of aromatic nitrogens is 2. The Kier molecular flexibility index (Phi) is 5.02. The maximum atomic E-state index is 12.9. The standard InChI is InChI=1S/C20H28N4O/c25-20(15-10-12-21-13-11-15)24-18(14-6-2-1-3-7-14)19-22-16-8-4-5-9-17(16)23-19/h4-5,8-9,14-15,18,21H,1-3,6-7,10-13H2,(H,22,23)(H,24,25). The van der Waals surface area contributed by atoms with Crippen LogP contribution in [0, 0.1) is 11.8 Å². The second kappa shape index (κ2) is 7.56. The highest BCUT2D eigenvalue weighted by Crippen LogP contribution is 2.34. The predicted octanol–water partition coefficient (Wildman–Crippen LogP) is 3.30. The van der Waals surface area contributed by atoms with Gasteiger partial charge in [0.05, 0.1) is 17.1 Å². The molecule has 3 N–H and O–H groups in total. The number of H-pyrrole nitrogens is 1. The van der Waals surface area contributed by atoms with Gasteiger partial charge in [-0.25, -0.2) is 4.98 Å². The molecule has 1 aliphatic carbocycles. The summed E-state index contributed by atoms with van der Waals surface area (Å²) in [6, 6.07) is 8.12. The number of fused-ring (bicyclic) bond motifs is 1. The summed E-state index contributed by atoms with van der Waals surface area (Å²) in [5.41, 5.74) is 2.03. The quantitative estimate of drug-likeness (QED) is 0.800. The maximum absolute atomic E-state index is 12.9. The van der Waals surface area contributed by atoms with Crippen LogP contribution >= 0.6 is 0 Å². The minimum absolute atomic E-state index is 0.00934. The summed E-state index contributed by atoms with van der Waals surface area (Å²) >= 11 is 0. The van der Waals surface area contributed by atoms with Crippen molar-refractivity contribution in [3.63, 3.8) is 0 Å². The van der Waals surface area contributed by atoms with E-state index in [4.69, 9.17) is 4.98 Å². The largest absolute Gasteiger partial charge is 0.346 e. The van der Waals surface area contributed by atoms with Crippen molar-refractivity contribution in [1.82, 2.24) is 20.6 Å². The molecule has 1 atom stereocenters. The molecule has 134 valence electrons. The van der Waals surface area contributed by atoms with Crippen molar-refractivity contribution in [2.45, 2.75) is 51.0 Å². The number of amides is 1. The van der Waals surface area contributed by atoms with Gasteiger partial charge < -0.3 is 15.6 Å². The Morgan fingerprint density at radius 1 is 1.08 bits per heavy atom. The number of hydrogen-bond donors (Lipinski definition) is 3. The van der Waals surface area contributed by atoms with Gasteiger partial charge in [-0.1, -0.05) is 31.4 Å². The van der Waals surface area contributed by atoms with Gasteiger partial charge in [-0.2, -0.15) is 0 Å². The smallest absolute Gasteiger partial charge is 0.223 e. The van der Waals surface area contributed by atoms with Gasteiger partial charge in [-0.05, 0) is 56.8 Å². The topological polar surface area (TPSA) is 69.8 Å². The molecule has 2 fully saturated rings. The first-order valence-corrected chi connectivity index (χ1v) is 9.77. The molecule has 2 aliphatic rings. The average molecular weight is 340 g/mol. The van der Waals surface area contributed by atoms with Crippen molar-refractivity contribution in [3.05, 3.63) is 30.1 Å². The van der Waals surface area contributed by atoms with Crippen LogP contribution in [-0.2, 0) is 4.79 Å². The van der Waals surface area contributed by atoms with E-state index in [2.05, 4.69) is 21.7 Å².